The lowest BCUT2D eigenvalue weighted by Gasteiger charge is -2.27. The zero-order valence-corrected chi connectivity index (χ0v) is 12.2. The average molecular weight is 268 g/mol. The molecular weight excluding hydrogens is 246 g/mol. The van der Waals surface area contributed by atoms with Gasteiger partial charge in [-0.15, -0.1) is 0 Å². The Kier molecular flexibility index (Phi) is 3.88. The lowest BCUT2D eigenvalue weighted by atomic mass is 9.80. The third kappa shape index (κ3) is 3.18. The van der Waals surface area contributed by atoms with Gasteiger partial charge in [-0.05, 0) is 42.0 Å². The zero-order valence-electron chi connectivity index (χ0n) is 11.4. The summed E-state index contributed by atoms with van der Waals surface area (Å²) in [5, 5.41) is 9.85. The van der Waals surface area contributed by atoms with Crippen LogP contribution in [0.15, 0.2) is 18.2 Å². The van der Waals surface area contributed by atoms with Crippen LogP contribution in [0.4, 0.5) is 0 Å². The van der Waals surface area contributed by atoms with Gasteiger partial charge in [0.2, 0.25) is 0 Å². The van der Waals surface area contributed by atoms with Crippen LogP contribution < -0.4 is 0 Å². The number of phenolic OH excluding ortho intramolecular Hbond substituents is 1. The number of benzene rings is 1. The first-order chi connectivity index (χ1) is 8.36. The Balaban J connectivity index is 1.97. The second kappa shape index (κ2) is 5.10. The molecule has 0 saturated carbocycles. The summed E-state index contributed by atoms with van der Waals surface area (Å²) in [5.41, 5.74) is 1.56. The number of likely N-dealkylation sites (tertiary alicyclic amines) is 1. The van der Waals surface area contributed by atoms with Gasteiger partial charge in [0.05, 0.1) is 5.02 Å². The molecule has 0 spiro atoms. The van der Waals surface area contributed by atoms with Crippen LogP contribution in [-0.4, -0.2) is 23.1 Å². The van der Waals surface area contributed by atoms with Gasteiger partial charge in [0, 0.05) is 13.1 Å². The average Bonchev–Trinajstić information content (AvgIpc) is 2.72. The minimum absolute atomic E-state index is 0.161. The number of hydrogen-bond acceptors (Lipinski definition) is 2. The fourth-order valence-corrected chi connectivity index (χ4v) is 2.79. The molecule has 1 aliphatic heterocycles. The maximum atomic E-state index is 9.41. The van der Waals surface area contributed by atoms with Crippen LogP contribution in [0, 0.1) is 11.3 Å². The SMILES string of the molecule is CC(C)(C)C1CCN(Cc2ccc(O)c(Cl)c2)C1. The van der Waals surface area contributed by atoms with Crippen LogP contribution in [0.1, 0.15) is 32.8 Å². The zero-order chi connectivity index (χ0) is 13.3. The first-order valence-electron chi connectivity index (χ1n) is 6.56. The van der Waals surface area contributed by atoms with E-state index in [2.05, 4.69) is 25.7 Å². The van der Waals surface area contributed by atoms with Crippen LogP contribution in [0.25, 0.3) is 0 Å². The summed E-state index contributed by atoms with van der Waals surface area (Å²) in [5.74, 6) is 0.930. The van der Waals surface area contributed by atoms with Crippen molar-refractivity contribution in [1.82, 2.24) is 4.90 Å². The Labute approximate surface area is 115 Å². The predicted molar refractivity (Wildman–Crippen MR) is 76.0 cm³/mol. The highest BCUT2D eigenvalue weighted by Crippen LogP contribution is 2.34. The number of aromatic hydroxyl groups is 1. The lowest BCUT2D eigenvalue weighted by molar-refractivity contribution is 0.226. The third-order valence-electron chi connectivity index (χ3n) is 3.92. The largest absolute Gasteiger partial charge is 0.506 e. The first-order valence-corrected chi connectivity index (χ1v) is 6.94. The van der Waals surface area contributed by atoms with Crippen LogP contribution in [0.5, 0.6) is 5.75 Å². The van der Waals surface area contributed by atoms with Crippen molar-refractivity contribution in [3.05, 3.63) is 28.8 Å². The Bertz CT molecular complexity index is 425. The van der Waals surface area contributed by atoms with E-state index >= 15 is 0 Å². The van der Waals surface area contributed by atoms with Gasteiger partial charge in [-0.2, -0.15) is 0 Å². The highest BCUT2D eigenvalue weighted by Gasteiger charge is 2.31. The van der Waals surface area contributed by atoms with E-state index in [4.69, 9.17) is 11.6 Å². The Hall–Kier alpha value is -0.730. The van der Waals surface area contributed by atoms with Crippen molar-refractivity contribution < 1.29 is 5.11 Å². The van der Waals surface area contributed by atoms with E-state index in [1.165, 1.54) is 12.0 Å². The number of halogens is 1. The molecule has 1 atom stereocenters. The van der Waals surface area contributed by atoms with E-state index in [1.54, 1.807) is 6.07 Å². The summed E-state index contributed by atoms with van der Waals surface area (Å²) >= 11 is 5.93. The molecule has 18 heavy (non-hydrogen) atoms. The molecule has 1 heterocycles. The molecule has 3 heteroatoms. The standard InChI is InChI=1S/C15H22ClNO/c1-15(2,3)12-6-7-17(10-12)9-11-4-5-14(18)13(16)8-11/h4-5,8,12,18H,6-7,9-10H2,1-3H3. The van der Waals surface area contributed by atoms with E-state index in [-0.39, 0.29) is 5.75 Å². The molecule has 0 radical (unpaired) electrons. The van der Waals surface area contributed by atoms with Crippen molar-refractivity contribution in [2.24, 2.45) is 11.3 Å². The minimum atomic E-state index is 0.161. The fourth-order valence-electron chi connectivity index (χ4n) is 2.59. The van der Waals surface area contributed by atoms with E-state index < -0.39 is 0 Å². The molecule has 0 aliphatic carbocycles. The van der Waals surface area contributed by atoms with Gasteiger partial charge in [-0.25, -0.2) is 0 Å². The molecular formula is C15H22ClNO. The fraction of sp³-hybridized carbons (Fsp3) is 0.600. The van der Waals surface area contributed by atoms with Crippen molar-refractivity contribution >= 4 is 11.6 Å². The maximum absolute atomic E-state index is 9.41. The van der Waals surface area contributed by atoms with Crippen LogP contribution >= 0.6 is 11.6 Å². The van der Waals surface area contributed by atoms with Crippen molar-refractivity contribution in [3.8, 4) is 5.75 Å². The van der Waals surface area contributed by atoms with E-state index in [0.29, 0.717) is 10.4 Å². The van der Waals surface area contributed by atoms with Crippen LogP contribution in [-0.2, 0) is 6.54 Å². The second-order valence-electron chi connectivity index (χ2n) is 6.37. The molecule has 100 valence electrons. The van der Waals surface area contributed by atoms with Crippen LogP contribution in [0.2, 0.25) is 5.02 Å². The summed E-state index contributed by atoms with van der Waals surface area (Å²) in [6.07, 6.45) is 1.27. The van der Waals surface area contributed by atoms with Gasteiger partial charge >= 0.3 is 0 Å². The molecule has 1 aliphatic rings. The molecule has 1 saturated heterocycles. The van der Waals surface area contributed by atoms with Gasteiger partial charge in [-0.3, -0.25) is 4.90 Å². The maximum Gasteiger partial charge on any atom is 0.134 e. The third-order valence-corrected chi connectivity index (χ3v) is 4.22. The minimum Gasteiger partial charge on any atom is -0.506 e. The van der Waals surface area contributed by atoms with Gasteiger partial charge in [-0.1, -0.05) is 38.4 Å². The number of phenols is 1. The molecule has 1 aromatic carbocycles. The van der Waals surface area contributed by atoms with Crippen molar-refractivity contribution in [3.63, 3.8) is 0 Å². The van der Waals surface area contributed by atoms with Crippen LogP contribution in [0.3, 0.4) is 0 Å². The van der Waals surface area contributed by atoms with Gasteiger partial charge in [0.1, 0.15) is 5.75 Å². The Morgan fingerprint density at radius 1 is 1.39 bits per heavy atom. The topological polar surface area (TPSA) is 23.5 Å². The van der Waals surface area contributed by atoms with E-state index in [0.717, 1.165) is 25.6 Å². The molecule has 1 aromatic rings. The molecule has 1 unspecified atom stereocenters. The summed E-state index contributed by atoms with van der Waals surface area (Å²) in [6, 6.07) is 5.49. The van der Waals surface area contributed by atoms with E-state index in [9.17, 15) is 5.11 Å². The monoisotopic (exact) mass is 267 g/mol. The molecule has 1 fully saturated rings. The summed E-state index contributed by atoms with van der Waals surface area (Å²) in [7, 11) is 0. The predicted octanol–water partition coefficient (Wildman–Crippen LogP) is 3.91. The van der Waals surface area contributed by atoms with Gasteiger partial charge in [0.25, 0.3) is 0 Å². The molecule has 1 N–H and O–H groups in total. The number of nitrogens with zero attached hydrogens (tertiary/aromatic N) is 1. The summed E-state index contributed by atoms with van der Waals surface area (Å²) in [6.45, 7) is 10.2. The van der Waals surface area contributed by atoms with Crippen molar-refractivity contribution in [2.75, 3.05) is 13.1 Å². The first kappa shape index (κ1) is 13.7. The molecule has 0 bridgehead atoms. The lowest BCUT2D eigenvalue weighted by Crippen LogP contribution is -2.25. The molecule has 0 aromatic heterocycles. The normalized spacial score (nSPS) is 21.4. The van der Waals surface area contributed by atoms with Gasteiger partial charge in [0.15, 0.2) is 0 Å². The number of hydrogen-bond donors (Lipinski definition) is 1. The Morgan fingerprint density at radius 3 is 2.67 bits per heavy atom. The quantitative estimate of drug-likeness (QED) is 0.878. The molecule has 0 amide bonds. The highest BCUT2D eigenvalue weighted by atomic mass is 35.5. The van der Waals surface area contributed by atoms with E-state index in [1.807, 2.05) is 12.1 Å². The highest BCUT2D eigenvalue weighted by molar-refractivity contribution is 6.32. The smallest absolute Gasteiger partial charge is 0.134 e. The molecule has 2 nitrogen and oxygen atoms in total. The van der Waals surface area contributed by atoms with Crippen molar-refractivity contribution in [1.29, 1.82) is 0 Å². The summed E-state index contributed by atoms with van der Waals surface area (Å²) in [4.78, 5) is 2.47. The van der Waals surface area contributed by atoms with Gasteiger partial charge < -0.3 is 5.11 Å². The Morgan fingerprint density at radius 2 is 2.11 bits per heavy atom. The second-order valence-corrected chi connectivity index (χ2v) is 6.78. The summed E-state index contributed by atoms with van der Waals surface area (Å²) < 4.78 is 0. The van der Waals surface area contributed by atoms with Crippen molar-refractivity contribution in [2.45, 2.75) is 33.7 Å². The number of rotatable bonds is 2. The molecule has 2 rings (SSSR count).